The van der Waals surface area contributed by atoms with Gasteiger partial charge in [-0.2, -0.15) is 0 Å². The number of nitrogens with one attached hydrogen (secondary N) is 1. The van der Waals surface area contributed by atoms with Crippen molar-refractivity contribution in [2.75, 3.05) is 19.5 Å². The Labute approximate surface area is 181 Å². The second-order valence-corrected chi connectivity index (χ2v) is 7.42. The molecule has 2 N–H and O–H groups in total. The Morgan fingerprint density at radius 3 is 2.68 bits per heavy atom. The molecule has 0 aromatic heterocycles. The number of amides is 1. The lowest BCUT2D eigenvalue weighted by Gasteiger charge is -2.15. The summed E-state index contributed by atoms with van der Waals surface area (Å²) in [6.45, 7) is 3.91. The van der Waals surface area contributed by atoms with Crippen LogP contribution in [-0.4, -0.2) is 31.2 Å². The zero-order valence-corrected chi connectivity index (χ0v) is 18.2. The zero-order chi connectivity index (χ0) is 22.5. The van der Waals surface area contributed by atoms with Crippen LogP contribution in [0.3, 0.4) is 0 Å². The van der Waals surface area contributed by atoms with Crippen LogP contribution in [0.5, 0.6) is 17.2 Å². The molecule has 0 spiro atoms. The van der Waals surface area contributed by atoms with Crippen molar-refractivity contribution in [3.05, 3.63) is 58.2 Å². The normalized spacial score (nSPS) is 12.9. The number of fused-ring (bicyclic) bond motifs is 1. The quantitative estimate of drug-likeness (QED) is 0.484. The molecule has 7 heteroatoms. The summed E-state index contributed by atoms with van der Waals surface area (Å²) in [4.78, 5) is 24.3. The average Bonchev–Trinajstić information content (AvgIpc) is 3.16. The van der Waals surface area contributed by atoms with Crippen molar-refractivity contribution >= 4 is 17.6 Å². The minimum Gasteiger partial charge on any atom is -0.507 e. The van der Waals surface area contributed by atoms with E-state index >= 15 is 0 Å². The fourth-order valence-electron chi connectivity index (χ4n) is 3.68. The SMILES string of the molecule is COc1ccccc1NC(=O)CC/C(C)=C/Cc1c(O)c2c(c(C)c1OC)COC2=O. The summed E-state index contributed by atoms with van der Waals surface area (Å²) in [5.41, 5.74) is 3.82. The largest absolute Gasteiger partial charge is 0.507 e. The third kappa shape index (κ3) is 4.66. The first-order valence-electron chi connectivity index (χ1n) is 10.0. The van der Waals surface area contributed by atoms with E-state index < -0.39 is 5.97 Å². The van der Waals surface area contributed by atoms with Crippen molar-refractivity contribution in [3.8, 4) is 17.2 Å². The van der Waals surface area contributed by atoms with E-state index in [2.05, 4.69) is 5.32 Å². The maximum absolute atomic E-state index is 12.3. The number of esters is 1. The van der Waals surface area contributed by atoms with E-state index in [1.54, 1.807) is 19.2 Å². The summed E-state index contributed by atoms with van der Waals surface area (Å²) in [5, 5.41) is 13.5. The topological polar surface area (TPSA) is 94.1 Å². The number of carbonyl (C=O) groups is 2. The van der Waals surface area contributed by atoms with E-state index in [9.17, 15) is 14.7 Å². The van der Waals surface area contributed by atoms with E-state index in [1.165, 1.54) is 7.11 Å². The van der Waals surface area contributed by atoms with Gasteiger partial charge < -0.3 is 24.6 Å². The van der Waals surface area contributed by atoms with Gasteiger partial charge in [0.05, 0.1) is 19.9 Å². The van der Waals surface area contributed by atoms with Gasteiger partial charge in [0, 0.05) is 17.5 Å². The molecule has 0 saturated carbocycles. The van der Waals surface area contributed by atoms with Gasteiger partial charge in [-0.1, -0.05) is 23.8 Å². The highest BCUT2D eigenvalue weighted by molar-refractivity contribution is 5.98. The molecular weight excluding hydrogens is 398 g/mol. The summed E-state index contributed by atoms with van der Waals surface area (Å²) >= 11 is 0. The summed E-state index contributed by atoms with van der Waals surface area (Å²) in [7, 11) is 3.09. The number of anilines is 1. The van der Waals surface area contributed by atoms with Gasteiger partial charge >= 0.3 is 5.97 Å². The number of benzene rings is 2. The number of cyclic esters (lactones) is 1. The van der Waals surface area contributed by atoms with Crippen molar-refractivity contribution < 1.29 is 28.9 Å². The van der Waals surface area contributed by atoms with Gasteiger partial charge in [-0.3, -0.25) is 4.79 Å². The molecule has 0 bridgehead atoms. The van der Waals surface area contributed by atoms with Crippen LogP contribution in [0.4, 0.5) is 5.69 Å². The van der Waals surface area contributed by atoms with Crippen LogP contribution in [0.25, 0.3) is 0 Å². The Morgan fingerprint density at radius 2 is 1.97 bits per heavy atom. The maximum atomic E-state index is 12.3. The number of hydrogen-bond donors (Lipinski definition) is 2. The van der Waals surface area contributed by atoms with Gasteiger partial charge in [0.2, 0.25) is 5.91 Å². The Hall–Kier alpha value is -3.48. The number of methoxy groups -OCH3 is 2. The number of carbonyl (C=O) groups excluding carboxylic acids is 2. The first-order chi connectivity index (χ1) is 14.9. The number of allylic oxidation sites excluding steroid dienone is 2. The highest BCUT2D eigenvalue weighted by Crippen LogP contribution is 2.42. The Balaban J connectivity index is 1.68. The number of para-hydroxylation sites is 2. The standard InChI is InChI=1S/C24H27NO6/c1-14(10-12-20(26)25-18-7-5-6-8-19(18)29-3)9-11-16-22(27)21-17(13-31-24(21)28)15(2)23(16)30-4/h5-9,27H,10-13H2,1-4H3,(H,25,26)/b14-9+. The summed E-state index contributed by atoms with van der Waals surface area (Å²) in [6.07, 6.45) is 3.16. The lowest BCUT2D eigenvalue weighted by molar-refractivity contribution is -0.116. The highest BCUT2D eigenvalue weighted by Gasteiger charge is 2.31. The molecule has 0 saturated heterocycles. The van der Waals surface area contributed by atoms with E-state index in [0.29, 0.717) is 47.6 Å². The predicted molar refractivity (Wildman–Crippen MR) is 117 cm³/mol. The molecule has 1 amide bonds. The van der Waals surface area contributed by atoms with Gasteiger partial charge in [-0.15, -0.1) is 0 Å². The molecule has 2 aromatic carbocycles. The number of phenols is 1. The molecule has 7 nitrogen and oxygen atoms in total. The van der Waals surface area contributed by atoms with E-state index in [0.717, 1.165) is 11.1 Å². The number of hydrogen-bond acceptors (Lipinski definition) is 6. The summed E-state index contributed by atoms with van der Waals surface area (Å²) in [5.74, 6) is 0.420. The van der Waals surface area contributed by atoms with Crippen LogP contribution in [0, 0.1) is 6.92 Å². The summed E-state index contributed by atoms with van der Waals surface area (Å²) in [6, 6.07) is 7.24. The van der Waals surface area contributed by atoms with Crippen LogP contribution in [-0.2, 0) is 22.6 Å². The molecule has 2 aromatic rings. The summed E-state index contributed by atoms with van der Waals surface area (Å²) < 4.78 is 15.8. The third-order valence-electron chi connectivity index (χ3n) is 5.43. The molecule has 1 aliphatic rings. The van der Waals surface area contributed by atoms with Crippen molar-refractivity contribution in [2.24, 2.45) is 0 Å². The maximum Gasteiger partial charge on any atom is 0.342 e. The minimum absolute atomic E-state index is 0.0992. The first kappa shape index (κ1) is 22.2. The Kier molecular flexibility index (Phi) is 6.84. The molecule has 0 atom stereocenters. The highest BCUT2D eigenvalue weighted by atomic mass is 16.5. The van der Waals surface area contributed by atoms with Crippen LogP contribution in [0.2, 0.25) is 0 Å². The van der Waals surface area contributed by atoms with Crippen LogP contribution in [0.15, 0.2) is 35.9 Å². The Morgan fingerprint density at radius 1 is 1.23 bits per heavy atom. The van der Waals surface area contributed by atoms with E-state index in [1.807, 2.05) is 32.1 Å². The van der Waals surface area contributed by atoms with Gasteiger partial charge in [-0.25, -0.2) is 4.79 Å². The van der Waals surface area contributed by atoms with E-state index in [4.69, 9.17) is 14.2 Å². The number of rotatable bonds is 8. The van der Waals surface area contributed by atoms with Crippen LogP contribution < -0.4 is 14.8 Å². The monoisotopic (exact) mass is 425 g/mol. The fraction of sp³-hybridized carbons (Fsp3) is 0.333. The van der Waals surface area contributed by atoms with Crippen molar-refractivity contribution in [1.82, 2.24) is 0 Å². The lowest BCUT2D eigenvalue weighted by atomic mass is 9.94. The van der Waals surface area contributed by atoms with Gasteiger partial charge in [0.1, 0.15) is 29.4 Å². The Bertz CT molecular complexity index is 1040. The first-order valence-corrected chi connectivity index (χ1v) is 10.0. The number of aromatic hydroxyl groups is 1. The van der Waals surface area contributed by atoms with Gasteiger partial charge in [0.25, 0.3) is 0 Å². The fourth-order valence-corrected chi connectivity index (χ4v) is 3.68. The molecule has 0 radical (unpaired) electrons. The smallest absolute Gasteiger partial charge is 0.342 e. The average molecular weight is 425 g/mol. The molecule has 1 aliphatic heterocycles. The second-order valence-electron chi connectivity index (χ2n) is 7.42. The zero-order valence-electron chi connectivity index (χ0n) is 18.2. The van der Waals surface area contributed by atoms with Crippen molar-refractivity contribution in [3.63, 3.8) is 0 Å². The van der Waals surface area contributed by atoms with E-state index in [-0.39, 0.29) is 23.8 Å². The number of phenolic OH excluding ortho intramolecular Hbond substituents is 1. The molecule has 0 fully saturated rings. The van der Waals surface area contributed by atoms with Crippen molar-refractivity contribution in [1.29, 1.82) is 0 Å². The molecular formula is C24H27NO6. The third-order valence-corrected chi connectivity index (χ3v) is 5.43. The van der Waals surface area contributed by atoms with Gasteiger partial charge in [-0.05, 0) is 44.4 Å². The molecule has 1 heterocycles. The second kappa shape index (κ2) is 9.55. The molecule has 0 aliphatic carbocycles. The predicted octanol–water partition coefficient (Wildman–Crippen LogP) is 4.30. The molecule has 164 valence electrons. The lowest BCUT2D eigenvalue weighted by Crippen LogP contribution is -2.12. The molecule has 0 unspecified atom stereocenters. The van der Waals surface area contributed by atoms with Crippen LogP contribution in [0.1, 0.15) is 46.8 Å². The van der Waals surface area contributed by atoms with Crippen LogP contribution >= 0.6 is 0 Å². The molecule has 31 heavy (non-hydrogen) atoms. The minimum atomic E-state index is -0.520. The van der Waals surface area contributed by atoms with Crippen molar-refractivity contribution in [2.45, 2.75) is 39.7 Å². The number of ether oxygens (including phenoxy) is 3. The van der Waals surface area contributed by atoms with Gasteiger partial charge in [0.15, 0.2) is 0 Å². The molecule has 3 rings (SSSR count).